The highest BCUT2D eigenvalue weighted by molar-refractivity contribution is 6.42. The van der Waals surface area contributed by atoms with Crippen molar-refractivity contribution in [1.29, 1.82) is 0 Å². The number of carbonyl (C=O) groups is 1. The maximum absolute atomic E-state index is 11.9. The van der Waals surface area contributed by atoms with Crippen molar-refractivity contribution in [1.82, 2.24) is 10.9 Å². The van der Waals surface area contributed by atoms with Crippen molar-refractivity contribution >= 4 is 34.8 Å². The molecule has 0 atom stereocenters. The summed E-state index contributed by atoms with van der Waals surface area (Å²) in [6.45, 7) is 3.81. The first kappa shape index (κ1) is 15.2. The van der Waals surface area contributed by atoms with Crippen LogP contribution in [-0.2, 0) is 0 Å². The van der Waals surface area contributed by atoms with E-state index in [-0.39, 0.29) is 11.7 Å². The summed E-state index contributed by atoms with van der Waals surface area (Å²) in [4.78, 5) is 11.9. The highest BCUT2D eigenvalue weighted by Crippen LogP contribution is 2.24. The summed E-state index contributed by atoms with van der Waals surface area (Å²) in [6, 6.07) is 10.9. The van der Waals surface area contributed by atoms with Crippen LogP contribution >= 0.6 is 23.2 Å². The molecule has 1 amide bonds. The molecule has 0 bridgehead atoms. The zero-order chi connectivity index (χ0) is 15.4. The van der Waals surface area contributed by atoms with Gasteiger partial charge in [-0.2, -0.15) is 0 Å². The second-order valence-electron chi connectivity index (χ2n) is 4.23. The molecule has 0 spiro atoms. The molecule has 3 N–H and O–H groups in total. The number of halogens is 2. The van der Waals surface area contributed by atoms with Crippen LogP contribution in [0.2, 0.25) is 10.0 Å². The van der Waals surface area contributed by atoms with E-state index in [1.807, 2.05) is 0 Å². The molecular formula is C15H12Cl2N2O2. The van der Waals surface area contributed by atoms with E-state index in [1.54, 1.807) is 18.2 Å². The van der Waals surface area contributed by atoms with Crippen LogP contribution in [0.3, 0.4) is 0 Å². The van der Waals surface area contributed by atoms with E-state index < -0.39 is 0 Å². The molecule has 0 saturated carbocycles. The first-order valence-electron chi connectivity index (χ1n) is 5.97. The summed E-state index contributed by atoms with van der Waals surface area (Å²) in [5.74, 6) is -0.254. The minimum atomic E-state index is -0.351. The smallest absolute Gasteiger partial charge is 0.269 e. The van der Waals surface area contributed by atoms with Crippen LogP contribution in [0.25, 0.3) is 5.70 Å². The van der Waals surface area contributed by atoms with E-state index in [1.165, 1.54) is 24.3 Å². The summed E-state index contributed by atoms with van der Waals surface area (Å²) in [6.07, 6.45) is 0. The zero-order valence-electron chi connectivity index (χ0n) is 10.9. The van der Waals surface area contributed by atoms with Gasteiger partial charge in [-0.1, -0.05) is 35.8 Å². The van der Waals surface area contributed by atoms with Gasteiger partial charge in [-0.15, -0.1) is 0 Å². The molecule has 2 rings (SSSR count). The Morgan fingerprint density at radius 2 is 1.57 bits per heavy atom. The number of nitrogens with one attached hydrogen (secondary N) is 2. The second-order valence-corrected chi connectivity index (χ2v) is 5.05. The van der Waals surface area contributed by atoms with Crippen molar-refractivity contribution < 1.29 is 9.90 Å². The number of phenolic OH excluding ortho intramolecular Hbond substituents is 1. The first-order chi connectivity index (χ1) is 9.97. The van der Waals surface area contributed by atoms with Crippen LogP contribution in [0.15, 0.2) is 49.0 Å². The summed E-state index contributed by atoms with van der Waals surface area (Å²) in [5, 5.41) is 10.0. The van der Waals surface area contributed by atoms with Crippen LogP contribution in [0.5, 0.6) is 5.75 Å². The fraction of sp³-hybridized carbons (Fsp3) is 0. The molecule has 0 unspecified atom stereocenters. The van der Waals surface area contributed by atoms with Gasteiger partial charge in [0.15, 0.2) is 0 Å². The average molecular weight is 323 g/mol. The van der Waals surface area contributed by atoms with Crippen molar-refractivity contribution in [3.63, 3.8) is 0 Å². The van der Waals surface area contributed by atoms with Crippen LogP contribution in [0.4, 0.5) is 0 Å². The molecule has 6 heteroatoms. The van der Waals surface area contributed by atoms with Gasteiger partial charge in [0.2, 0.25) is 0 Å². The largest absolute Gasteiger partial charge is 0.508 e. The van der Waals surface area contributed by atoms with Gasteiger partial charge in [0.1, 0.15) is 5.75 Å². The third kappa shape index (κ3) is 3.90. The third-order valence-corrected chi connectivity index (χ3v) is 3.46. The van der Waals surface area contributed by atoms with Gasteiger partial charge >= 0.3 is 0 Å². The molecule has 0 aliphatic rings. The number of aromatic hydroxyl groups is 1. The van der Waals surface area contributed by atoms with Crippen molar-refractivity contribution in [2.24, 2.45) is 0 Å². The van der Waals surface area contributed by atoms with Crippen molar-refractivity contribution in [2.45, 2.75) is 0 Å². The van der Waals surface area contributed by atoms with Crippen molar-refractivity contribution in [2.75, 3.05) is 0 Å². The number of amides is 1. The molecule has 0 saturated heterocycles. The molecular weight excluding hydrogens is 311 g/mol. The standard InChI is InChI=1S/C15H12Cl2N2O2/c1-9(11-4-7-13(16)14(17)8-11)18-19-15(21)10-2-5-12(20)6-3-10/h2-8,18,20H,1H2,(H,19,21). The van der Waals surface area contributed by atoms with Gasteiger partial charge < -0.3 is 5.11 Å². The Morgan fingerprint density at radius 3 is 2.19 bits per heavy atom. The van der Waals surface area contributed by atoms with Gasteiger partial charge in [-0.25, -0.2) is 0 Å². The predicted octanol–water partition coefficient (Wildman–Crippen LogP) is 3.60. The van der Waals surface area contributed by atoms with Crippen LogP contribution in [-0.4, -0.2) is 11.0 Å². The second kappa shape index (κ2) is 6.52. The Kier molecular flexibility index (Phi) is 4.73. The highest BCUT2D eigenvalue weighted by atomic mass is 35.5. The molecule has 0 aliphatic carbocycles. The van der Waals surface area contributed by atoms with Crippen LogP contribution in [0, 0.1) is 0 Å². The number of hydrazine groups is 1. The Hall–Kier alpha value is -2.17. The van der Waals surface area contributed by atoms with Gasteiger partial charge in [0, 0.05) is 11.1 Å². The van der Waals surface area contributed by atoms with Crippen molar-refractivity contribution in [3.05, 3.63) is 70.2 Å². The van der Waals surface area contributed by atoms with E-state index in [2.05, 4.69) is 17.4 Å². The maximum atomic E-state index is 11.9. The lowest BCUT2D eigenvalue weighted by molar-refractivity contribution is 0.0942. The summed E-state index contributed by atoms with van der Waals surface area (Å²) in [5.41, 5.74) is 6.79. The molecule has 0 radical (unpaired) electrons. The minimum Gasteiger partial charge on any atom is -0.508 e. The summed E-state index contributed by atoms with van der Waals surface area (Å²) >= 11 is 11.8. The summed E-state index contributed by atoms with van der Waals surface area (Å²) < 4.78 is 0. The van der Waals surface area contributed by atoms with Crippen LogP contribution in [0.1, 0.15) is 15.9 Å². The van der Waals surface area contributed by atoms with Gasteiger partial charge in [-0.05, 0) is 36.4 Å². The quantitative estimate of drug-likeness (QED) is 0.753. The maximum Gasteiger partial charge on any atom is 0.269 e. The lowest BCUT2D eigenvalue weighted by Crippen LogP contribution is -2.35. The van der Waals surface area contributed by atoms with E-state index >= 15 is 0 Å². The SMILES string of the molecule is C=C(NNC(=O)c1ccc(O)cc1)c1ccc(Cl)c(Cl)c1. The molecule has 0 aliphatic heterocycles. The first-order valence-corrected chi connectivity index (χ1v) is 6.72. The Bertz CT molecular complexity index is 685. The number of hydrogen-bond acceptors (Lipinski definition) is 3. The molecule has 21 heavy (non-hydrogen) atoms. The van der Waals surface area contributed by atoms with E-state index in [4.69, 9.17) is 28.3 Å². The normalized spacial score (nSPS) is 10.0. The molecule has 2 aromatic rings. The lowest BCUT2D eigenvalue weighted by atomic mass is 10.2. The van der Waals surface area contributed by atoms with Crippen molar-refractivity contribution in [3.8, 4) is 5.75 Å². The average Bonchev–Trinajstić information content (AvgIpc) is 2.48. The fourth-order valence-electron chi connectivity index (χ4n) is 1.57. The van der Waals surface area contributed by atoms with Crippen LogP contribution < -0.4 is 10.9 Å². The lowest BCUT2D eigenvalue weighted by Gasteiger charge is -2.12. The Morgan fingerprint density at radius 1 is 0.952 bits per heavy atom. The Balaban J connectivity index is 1.98. The highest BCUT2D eigenvalue weighted by Gasteiger charge is 2.07. The third-order valence-electron chi connectivity index (χ3n) is 2.72. The number of hydrogen-bond donors (Lipinski definition) is 3. The van der Waals surface area contributed by atoms with Gasteiger partial charge in [0.05, 0.1) is 15.7 Å². The fourth-order valence-corrected chi connectivity index (χ4v) is 1.87. The molecule has 0 fully saturated rings. The topological polar surface area (TPSA) is 61.4 Å². The zero-order valence-corrected chi connectivity index (χ0v) is 12.4. The van der Waals surface area contributed by atoms with E-state index in [0.717, 1.165) is 0 Å². The Labute approximate surface area is 132 Å². The number of rotatable bonds is 4. The van der Waals surface area contributed by atoms with E-state index in [0.29, 0.717) is 26.9 Å². The molecule has 0 aromatic heterocycles. The number of carbonyl (C=O) groups excluding carboxylic acids is 1. The summed E-state index contributed by atoms with van der Waals surface area (Å²) in [7, 11) is 0. The predicted molar refractivity (Wildman–Crippen MR) is 84.2 cm³/mol. The monoisotopic (exact) mass is 322 g/mol. The molecule has 2 aromatic carbocycles. The van der Waals surface area contributed by atoms with E-state index in [9.17, 15) is 4.79 Å². The molecule has 108 valence electrons. The minimum absolute atomic E-state index is 0.0970. The number of phenols is 1. The molecule has 4 nitrogen and oxygen atoms in total. The van der Waals surface area contributed by atoms with Gasteiger partial charge in [-0.3, -0.25) is 15.6 Å². The number of benzene rings is 2. The molecule has 0 heterocycles. The van der Waals surface area contributed by atoms with Gasteiger partial charge in [0.25, 0.3) is 5.91 Å².